The summed E-state index contributed by atoms with van der Waals surface area (Å²) in [5.41, 5.74) is 3.54. The van der Waals surface area contributed by atoms with Crippen LogP contribution in [0.15, 0.2) is 65.0 Å². The zero-order valence-corrected chi connectivity index (χ0v) is 20.0. The monoisotopic (exact) mass is 475 g/mol. The van der Waals surface area contributed by atoms with Crippen molar-refractivity contribution in [1.82, 2.24) is 15.2 Å². The van der Waals surface area contributed by atoms with Gasteiger partial charge >= 0.3 is 0 Å². The van der Waals surface area contributed by atoms with Crippen molar-refractivity contribution < 1.29 is 4.79 Å². The number of fused-ring (bicyclic) bond motifs is 1. The van der Waals surface area contributed by atoms with Crippen LogP contribution in [0.2, 0.25) is 0 Å². The number of anilines is 2. The second-order valence-electron chi connectivity index (χ2n) is 8.31. The van der Waals surface area contributed by atoms with Crippen molar-refractivity contribution in [2.24, 2.45) is 5.92 Å². The molecule has 3 heterocycles. The van der Waals surface area contributed by atoms with Crippen LogP contribution in [0.3, 0.4) is 0 Å². The minimum Gasteiger partial charge on any atom is -0.355 e. The van der Waals surface area contributed by atoms with Gasteiger partial charge in [0, 0.05) is 24.3 Å². The number of thioether (sulfide) groups is 1. The maximum Gasteiger partial charge on any atom is 0.234 e. The van der Waals surface area contributed by atoms with Crippen molar-refractivity contribution in [3.05, 3.63) is 60.7 Å². The SMILES string of the molecule is CC1CCN(c2ccc(-c3ccc(NC(=O)CSc4nc5ccccc5s4)cc3)nn2)CC1. The van der Waals surface area contributed by atoms with Gasteiger partial charge in [0.15, 0.2) is 10.2 Å². The molecule has 1 saturated heterocycles. The molecule has 1 aliphatic heterocycles. The van der Waals surface area contributed by atoms with Crippen LogP contribution in [0, 0.1) is 5.92 Å². The molecule has 1 N–H and O–H groups in total. The average Bonchev–Trinajstić information content (AvgIpc) is 3.27. The van der Waals surface area contributed by atoms with Crippen LogP contribution in [-0.4, -0.2) is 39.9 Å². The molecule has 0 atom stereocenters. The van der Waals surface area contributed by atoms with Gasteiger partial charge in [-0.1, -0.05) is 43.0 Å². The molecule has 1 aliphatic rings. The molecule has 0 bridgehead atoms. The molecule has 2 aromatic carbocycles. The Morgan fingerprint density at radius 1 is 1.06 bits per heavy atom. The van der Waals surface area contributed by atoms with Gasteiger partial charge in [-0.15, -0.1) is 21.5 Å². The van der Waals surface area contributed by atoms with Crippen molar-refractivity contribution in [1.29, 1.82) is 0 Å². The average molecular weight is 476 g/mol. The third-order valence-corrected chi connectivity index (χ3v) is 8.00. The van der Waals surface area contributed by atoms with Gasteiger partial charge in [0.1, 0.15) is 0 Å². The number of hydrogen-bond acceptors (Lipinski definition) is 7. The van der Waals surface area contributed by atoms with Crippen LogP contribution in [0.25, 0.3) is 21.5 Å². The fourth-order valence-electron chi connectivity index (χ4n) is 3.85. The summed E-state index contributed by atoms with van der Waals surface area (Å²) in [6.45, 7) is 4.39. The van der Waals surface area contributed by atoms with E-state index < -0.39 is 0 Å². The van der Waals surface area contributed by atoms with E-state index in [0.717, 1.165) is 56.3 Å². The van der Waals surface area contributed by atoms with Crippen molar-refractivity contribution >= 4 is 50.7 Å². The summed E-state index contributed by atoms with van der Waals surface area (Å²) < 4.78 is 2.04. The van der Waals surface area contributed by atoms with E-state index in [0.29, 0.717) is 5.75 Å². The number of benzene rings is 2. The number of nitrogens with zero attached hydrogens (tertiary/aromatic N) is 4. The van der Waals surface area contributed by atoms with Crippen LogP contribution < -0.4 is 10.2 Å². The summed E-state index contributed by atoms with van der Waals surface area (Å²) in [5.74, 6) is 2.01. The number of piperidine rings is 1. The van der Waals surface area contributed by atoms with E-state index in [-0.39, 0.29) is 5.91 Å². The molecule has 4 aromatic rings. The number of thiazole rings is 1. The van der Waals surface area contributed by atoms with Crippen molar-refractivity contribution in [3.63, 3.8) is 0 Å². The number of carbonyl (C=O) groups is 1. The van der Waals surface area contributed by atoms with Crippen molar-refractivity contribution in [2.75, 3.05) is 29.1 Å². The predicted molar refractivity (Wildman–Crippen MR) is 137 cm³/mol. The minimum absolute atomic E-state index is 0.0491. The Balaban J connectivity index is 1.15. The molecule has 0 saturated carbocycles. The summed E-state index contributed by atoms with van der Waals surface area (Å²) in [7, 11) is 0. The summed E-state index contributed by atoms with van der Waals surface area (Å²) >= 11 is 3.07. The first-order valence-electron chi connectivity index (χ1n) is 11.1. The zero-order chi connectivity index (χ0) is 22.6. The molecule has 1 fully saturated rings. The van der Waals surface area contributed by atoms with E-state index >= 15 is 0 Å². The van der Waals surface area contributed by atoms with E-state index in [4.69, 9.17) is 0 Å². The Labute approximate surface area is 201 Å². The predicted octanol–water partition coefficient (Wildman–Crippen LogP) is 5.72. The smallest absolute Gasteiger partial charge is 0.234 e. The highest BCUT2D eigenvalue weighted by atomic mass is 32.2. The fraction of sp³-hybridized carbons (Fsp3) is 0.280. The lowest BCUT2D eigenvalue weighted by Gasteiger charge is -2.30. The van der Waals surface area contributed by atoms with Crippen LogP contribution >= 0.6 is 23.1 Å². The third kappa shape index (κ3) is 5.34. The van der Waals surface area contributed by atoms with E-state index in [1.807, 2.05) is 60.7 Å². The zero-order valence-electron chi connectivity index (χ0n) is 18.4. The second-order valence-corrected chi connectivity index (χ2v) is 10.6. The molecule has 168 valence electrons. The molecule has 1 amide bonds. The van der Waals surface area contributed by atoms with Gasteiger partial charge in [0.2, 0.25) is 5.91 Å². The second kappa shape index (κ2) is 9.89. The van der Waals surface area contributed by atoms with Gasteiger partial charge in [-0.2, -0.15) is 0 Å². The number of amides is 1. The maximum absolute atomic E-state index is 12.4. The highest BCUT2D eigenvalue weighted by molar-refractivity contribution is 8.01. The summed E-state index contributed by atoms with van der Waals surface area (Å²) in [6, 6.07) is 19.8. The molecule has 0 spiro atoms. The minimum atomic E-state index is -0.0491. The van der Waals surface area contributed by atoms with Gasteiger partial charge in [-0.05, 0) is 55.2 Å². The Bertz CT molecular complexity index is 1200. The number of aromatic nitrogens is 3. The number of nitrogens with one attached hydrogen (secondary N) is 1. The van der Waals surface area contributed by atoms with E-state index in [1.54, 1.807) is 11.3 Å². The molecule has 0 aliphatic carbocycles. The molecule has 6 nitrogen and oxygen atoms in total. The molecular weight excluding hydrogens is 450 g/mol. The molecule has 0 radical (unpaired) electrons. The summed E-state index contributed by atoms with van der Waals surface area (Å²) in [6.07, 6.45) is 2.41. The molecular formula is C25H25N5OS2. The lowest BCUT2D eigenvalue weighted by Crippen LogP contribution is -2.33. The van der Waals surface area contributed by atoms with Gasteiger partial charge in [-0.3, -0.25) is 4.79 Å². The lowest BCUT2D eigenvalue weighted by molar-refractivity contribution is -0.113. The largest absolute Gasteiger partial charge is 0.355 e. The van der Waals surface area contributed by atoms with Crippen LogP contribution in [0.4, 0.5) is 11.5 Å². The van der Waals surface area contributed by atoms with E-state index in [1.165, 1.54) is 24.6 Å². The molecule has 5 rings (SSSR count). The van der Waals surface area contributed by atoms with Crippen LogP contribution in [-0.2, 0) is 4.79 Å². The van der Waals surface area contributed by atoms with Gasteiger partial charge < -0.3 is 10.2 Å². The molecule has 2 aromatic heterocycles. The third-order valence-electron chi connectivity index (χ3n) is 5.82. The quantitative estimate of drug-likeness (QED) is 0.360. The maximum atomic E-state index is 12.4. The first-order valence-corrected chi connectivity index (χ1v) is 12.9. The normalized spacial score (nSPS) is 14.5. The van der Waals surface area contributed by atoms with Gasteiger partial charge in [0.25, 0.3) is 0 Å². The number of carbonyl (C=O) groups excluding carboxylic acids is 1. The number of hydrogen-bond donors (Lipinski definition) is 1. The topological polar surface area (TPSA) is 71.0 Å². The van der Waals surface area contributed by atoms with Crippen molar-refractivity contribution in [3.8, 4) is 11.3 Å². The first kappa shape index (κ1) is 21.9. The number of rotatable bonds is 6. The van der Waals surface area contributed by atoms with Crippen LogP contribution in [0.5, 0.6) is 0 Å². The highest BCUT2D eigenvalue weighted by Crippen LogP contribution is 2.29. The molecule has 0 unspecified atom stereocenters. The van der Waals surface area contributed by atoms with Gasteiger partial charge in [-0.25, -0.2) is 4.98 Å². The number of para-hydroxylation sites is 1. The Hall–Kier alpha value is -2.97. The fourth-order valence-corrected chi connectivity index (χ4v) is 5.72. The van der Waals surface area contributed by atoms with E-state index in [9.17, 15) is 4.79 Å². The Morgan fingerprint density at radius 3 is 2.58 bits per heavy atom. The molecule has 33 heavy (non-hydrogen) atoms. The summed E-state index contributed by atoms with van der Waals surface area (Å²) in [5, 5.41) is 11.8. The van der Waals surface area contributed by atoms with Crippen molar-refractivity contribution in [2.45, 2.75) is 24.1 Å². The highest BCUT2D eigenvalue weighted by Gasteiger charge is 2.17. The Kier molecular flexibility index (Phi) is 6.55. The van der Waals surface area contributed by atoms with Crippen LogP contribution in [0.1, 0.15) is 19.8 Å². The van der Waals surface area contributed by atoms with E-state index in [2.05, 4.69) is 32.3 Å². The first-order chi connectivity index (χ1) is 16.1. The molecule has 8 heteroatoms. The lowest BCUT2D eigenvalue weighted by atomic mass is 9.99. The Morgan fingerprint density at radius 2 is 1.85 bits per heavy atom. The standard InChI is InChI=1S/C25H25N5OS2/c1-17-12-14-30(15-13-17)23-11-10-20(28-29-23)18-6-8-19(9-7-18)26-24(31)16-32-25-27-21-4-2-3-5-22(21)33-25/h2-11,17H,12-16H2,1H3,(H,26,31). The van der Waals surface area contributed by atoms with Gasteiger partial charge in [0.05, 0.1) is 21.7 Å². The summed E-state index contributed by atoms with van der Waals surface area (Å²) in [4.78, 5) is 19.3.